The SMILES string of the molecule is O=C1C(c2ccc3cccc4c3c2NC2(CCCC(Br)(Br)C2)N4)=C(O)/C1=c1\ccc2cccc3c2c1=NC1(CCCC(Br)(Br)C1)N3. The molecule has 0 saturated heterocycles. The number of carbonyl (C=O) groups is 1. The zero-order chi connectivity index (χ0) is 31.6. The Balaban J connectivity index is 1.25. The van der Waals surface area contributed by atoms with Gasteiger partial charge in [0, 0.05) is 45.8 Å². The molecular weight excluding hydrogens is 840 g/mol. The third-order valence-corrected chi connectivity index (χ3v) is 13.1. The van der Waals surface area contributed by atoms with E-state index in [0.29, 0.717) is 16.4 Å². The van der Waals surface area contributed by atoms with E-state index < -0.39 is 11.3 Å². The van der Waals surface area contributed by atoms with Crippen LogP contribution in [0, 0.1) is 0 Å². The van der Waals surface area contributed by atoms with Crippen molar-refractivity contribution in [2.75, 3.05) is 16.0 Å². The van der Waals surface area contributed by atoms with E-state index in [-0.39, 0.29) is 18.0 Å². The van der Waals surface area contributed by atoms with Gasteiger partial charge in [-0.05, 0) is 61.4 Å². The molecule has 0 bridgehead atoms. The van der Waals surface area contributed by atoms with Gasteiger partial charge in [0.05, 0.1) is 28.7 Å². The van der Waals surface area contributed by atoms with Crippen LogP contribution >= 0.6 is 63.7 Å². The summed E-state index contributed by atoms with van der Waals surface area (Å²) in [6.45, 7) is 0. The van der Waals surface area contributed by atoms with Crippen LogP contribution in [0.4, 0.5) is 17.1 Å². The fraction of sp³-hybridized carbons (Fsp3) is 0.333. The Labute approximate surface area is 299 Å². The van der Waals surface area contributed by atoms with Crippen molar-refractivity contribution in [2.24, 2.45) is 4.99 Å². The number of Topliss-reactive ketones (excluding diaryl/α,β-unsaturated/α-hetero) is 1. The molecule has 9 rings (SSSR count). The number of ketones is 1. The zero-order valence-corrected chi connectivity index (χ0v) is 31.1. The van der Waals surface area contributed by atoms with E-state index >= 15 is 0 Å². The zero-order valence-electron chi connectivity index (χ0n) is 24.7. The average Bonchev–Trinajstić information content (AvgIpc) is 2.98. The first kappa shape index (κ1) is 29.7. The van der Waals surface area contributed by atoms with Crippen LogP contribution in [0.1, 0.15) is 56.9 Å². The van der Waals surface area contributed by atoms with Gasteiger partial charge in [-0.15, -0.1) is 0 Å². The smallest absolute Gasteiger partial charge is 0.201 e. The largest absolute Gasteiger partial charge is 0.506 e. The molecule has 4 N–H and O–H groups in total. The van der Waals surface area contributed by atoms with Crippen molar-refractivity contribution in [1.29, 1.82) is 0 Å². The van der Waals surface area contributed by atoms with Crippen molar-refractivity contribution in [3.63, 3.8) is 0 Å². The summed E-state index contributed by atoms with van der Waals surface area (Å²) in [6.07, 6.45) is 7.37. The third-order valence-electron chi connectivity index (χ3n) is 10.4. The molecule has 46 heavy (non-hydrogen) atoms. The molecule has 0 amide bonds. The van der Waals surface area contributed by atoms with Crippen molar-refractivity contribution < 1.29 is 9.90 Å². The topological polar surface area (TPSA) is 85.8 Å². The molecule has 3 aliphatic carbocycles. The van der Waals surface area contributed by atoms with Gasteiger partial charge in [0.15, 0.2) is 0 Å². The number of hydrogen-bond acceptors (Lipinski definition) is 6. The molecule has 2 spiro atoms. The maximum Gasteiger partial charge on any atom is 0.201 e. The van der Waals surface area contributed by atoms with E-state index in [0.717, 1.165) is 101 Å². The summed E-state index contributed by atoms with van der Waals surface area (Å²) in [4.78, 5) is 19.7. The molecule has 6 nitrogen and oxygen atoms in total. The summed E-state index contributed by atoms with van der Waals surface area (Å²) < 4.78 is -0.415. The third kappa shape index (κ3) is 4.49. The fourth-order valence-electron chi connectivity index (χ4n) is 8.45. The molecule has 2 unspecified atom stereocenters. The number of allylic oxidation sites excluding steroid dienone is 2. The molecule has 2 atom stereocenters. The molecular formula is C36H30Br4N4O2. The van der Waals surface area contributed by atoms with Crippen LogP contribution in [-0.4, -0.2) is 28.7 Å². The Kier molecular flexibility index (Phi) is 6.50. The Morgan fingerprint density at radius 3 is 2.09 bits per heavy atom. The summed E-state index contributed by atoms with van der Waals surface area (Å²) >= 11 is 15.5. The number of carbonyl (C=O) groups excluding carboxylic acids is 1. The number of aliphatic hydroxyl groups is 1. The number of anilines is 3. The molecule has 234 valence electrons. The van der Waals surface area contributed by atoms with Crippen LogP contribution in [0.25, 0.3) is 32.7 Å². The van der Waals surface area contributed by atoms with Gasteiger partial charge in [-0.25, -0.2) is 0 Å². The number of alkyl halides is 4. The predicted molar refractivity (Wildman–Crippen MR) is 201 cm³/mol. The standard InChI is InChI=1S/C36H30Br4N4O2/c37-33(38)13-3-15-35(17-33)41-23-7-1-5-19-9-11-21(29(43-35)25(19)23)27-31(45)28(32(27)46)22-12-10-20-6-2-8-24-26(20)30(22)44-36(42-24)16-4-14-34(39,40)18-36/h1-2,5-12,41-43,45H,3-4,13-18H2/b28-22-. The van der Waals surface area contributed by atoms with Crippen LogP contribution in [0.5, 0.6) is 0 Å². The molecule has 5 aliphatic rings. The Bertz CT molecular complexity index is 2210. The number of aliphatic hydroxyl groups excluding tert-OH is 1. The first-order chi connectivity index (χ1) is 22.0. The normalized spacial score (nSPS) is 28.4. The van der Waals surface area contributed by atoms with Crippen LogP contribution in [-0.2, 0) is 4.79 Å². The molecule has 4 aromatic rings. The molecule has 2 heterocycles. The van der Waals surface area contributed by atoms with E-state index in [2.05, 4.69) is 116 Å². The van der Waals surface area contributed by atoms with Crippen molar-refractivity contribution >= 4 is 119 Å². The van der Waals surface area contributed by atoms with Gasteiger partial charge in [-0.1, -0.05) is 112 Å². The van der Waals surface area contributed by atoms with Crippen LogP contribution in [0.2, 0.25) is 0 Å². The highest BCUT2D eigenvalue weighted by atomic mass is 79.9. The molecule has 10 heteroatoms. The Morgan fingerprint density at radius 1 is 0.696 bits per heavy atom. The minimum absolute atomic E-state index is 0.0290. The summed E-state index contributed by atoms with van der Waals surface area (Å²) in [5.74, 6) is -0.130. The number of benzene rings is 4. The van der Waals surface area contributed by atoms with Crippen molar-refractivity contribution in [2.45, 2.75) is 69.2 Å². The lowest BCUT2D eigenvalue weighted by Gasteiger charge is -2.48. The number of nitrogens with zero attached hydrogens (tertiary/aromatic N) is 1. The molecule has 4 aromatic carbocycles. The Morgan fingerprint density at radius 2 is 1.37 bits per heavy atom. The molecule has 0 radical (unpaired) electrons. The lowest BCUT2D eigenvalue weighted by atomic mass is 9.79. The van der Waals surface area contributed by atoms with Crippen molar-refractivity contribution in [3.05, 3.63) is 82.6 Å². The van der Waals surface area contributed by atoms with Gasteiger partial charge in [-0.2, -0.15) is 0 Å². The molecule has 0 aromatic heterocycles. The highest BCUT2D eigenvalue weighted by Gasteiger charge is 2.47. The van der Waals surface area contributed by atoms with Crippen LogP contribution < -0.4 is 26.5 Å². The number of hydrogen-bond donors (Lipinski definition) is 4. The van der Waals surface area contributed by atoms with Gasteiger partial charge in [0.1, 0.15) is 17.1 Å². The van der Waals surface area contributed by atoms with E-state index in [9.17, 15) is 9.90 Å². The fourth-order valence-corrected chi connectivity index (χ4v) is 11.5. The summed E-state index contributed by atoms with van der Waals surface area (Å²) in [5, 5.41) is 28.9. The molecule has 2 saturated carbocycles. The minimum atomic E-state index is -0.525. The van der Waals surface area contributed by atoms with Gasteiger partial charge >= 0.3 is 0 Å². The van der Waals surface area contributed by atoms with E-state index in [4.69, 9.17) is 4.99 Å². The van der Waals surface area contributed by atoms with Crippen molar-refractivity contribution in [1.82, 2.24) is 0 Å². The summed E-state index contributed by atoms with van der Waals surface area (Å²) in [6, 6.07) is 20.5. The van der Waals surface area contributed by atoms with E-state index in [1.54, 1.807) is 0 Å². The van der Waals surface area contributed by atoms with E-state index in [1.807, 2.05) is 24.3 Å². The second-order valence-electron chi connectivity index (χ2n) is 13.6. The number of halogens is 4. The number of rotatable bonds is 1. The van der Waals surface area contributed by atoms with Crippen LogP contribution in [0.3, 0.4) is 0 Å². The summed E-state index contributed by atoms with van der Waals surface area (Å²) in [5.41, 5.74) is 3.42. The maximum atomic E-state index is 14.3. The van der Waals surface area contributed by atoms with Crippen LogP contribution in [0.15, 0.2) is 71.4 Å². The summed E-state index contributed by atoms with van der Waals surface area (Å²) in [7, 11) is 0. The monoisotopic (exact) mass is 866 g/mol. The van der Waals surface area contributed by atoms with Gasteiger partial charge in [0.25, 0.3) is 0 Å². The lowest BCUT2D eigenvalue weighted by molar-refractivity contribution is -0.109. The van der Waals surface area contributed by atoms with Crippen molar-refractivity contribution in [3.8, 4) is 0 Å². The highest BCUT2D eigenvalue weighted by molar-refractivity contribution is 9.25. The van der Waals surface area contributed by atoms with Gasteiger partial charge in [0.2, 0.25) is 5.78 Å². The Hall–Kier alpha value is -2.40. The minimum Gasteiger partial charge on any atom is -0.506 e. The first-order valence-corrected chi connectivity index (χ1v) is 18.9. The second kappa shape index (κ2) is 10.1. The second-order valence-corrected chi connectivity index (χ2v) is 21.8. The van der Waals surface area contributed by atoms with E-state index in [1.165, 1.54) is 0 Å². The highest BCUT2D eigenvalue weighted by Crippen LogP contribution is 2.53. The number of nitrogens with one attached hydrogen (secondary N) is 3. The van der Waals surface area contributed by atoms with Gasteiger partial charge in [-0.3, -0.25) is 9.79 Å². The quantitative estimate of drug-likeness (QED) is 0.144. The van der Waals surface area contributed by atoms with Gasteiger partial charge < -0.3 is 21.1 Å². The maximum absolute atomic E-state index is 14.3. The molecule has 2 fully saturated rings. The first-order valence-electron chi connectivity index (χ1n) is 15.8. The lowest BCUT2D eigenvalue weighted by Crippen LogP contribution is -2.53. The average molecular weight is 870 g/mol. The predicted octanol–water partition coefficient (Wildman–Crippen LogP) is 9.09. The molecule has 2 aliphatic heterocycles.